The van der Waals surface area contributed by atoms with Gasteiger partial charge in [-0.15, -0.1) is 0 Å². The van der Waals surface area contributed by atoms with Crippen LogP contribution in [0.25, 0.3) is 66.4 Å². The molecule has 2 nitrogen and oxygen atoms in total. The van der Waals surface area contributed by atoms with Crippen LogP contribution in [0.5, 0.6) is 0 Å². The summed E-state index contributed by atoms with van der Waals surface area (Å²) in [5.74, 6) is 0. The summed E-state index contributed by atoms with van der Waals surface area (Å²) < 4.78 is 6.87. The number of rotatable bonds is 7. The molecule has 1 aromatic heterocycles. The fourth-order valence-corrected chi connectivity index (χ4v) is 9.36. The topological polar surface area (TPSA) is 16.4 Å². The number of anilines is 3. The summed E-state index contributed by atoms with van der Waals surface area (Å²) in [4.78, 5) is 2.34. The van der Waals surface area contributed by atoms with Gasteiger partial charge in [-0.3, -0.25) is 0 Å². The van der Waals surface area contributed by atoms with Gasteiger partial charge in [0.25, 0.3) is 0 Å². The van der Waals surface area contributed by atoms with E-state index in [9.17, 15) is 0 Å². The van der Waals surface area contributed by atoms with Gasteiger partial charge in [0, 0.05) is 38.8 Å². The molecule has 0 amide bonds. The predicted molar refractivity (Wildman–Crippen MR) is 242 cm³/mol. The molecule has 10 aromatic rings. The second-order valence-electron chi connectivity index (χ2n) is 15.4. The van der Waals surface area contributed by atoms with E-state index in [1.807, 2.05) is 0 Å². The van der Waals surface area contributed by atoms with Gasteiger partial charge < -0.3 is 9.32 Å². The largest absolute Gasteiger partial charge is 0.455 e. The smallest absolute Gasteiger partial charge is 0.143 e. The highest BCUT2D eigenvalue weighted by Crippen LogP contribution is 2.54. The maximum Gasteiger partial charge on any atom is 0.143 e. The first-order valence-corrected chi connectivity index (χ1v) is 20.0. The highest BCUT2D eigenvalue weighted by atomic mass is 16.3. The monoisotopic (exact) mass is 741 g/mol. The van der Waals surface area contributed by atoms with Crippen molar-refractivity contribution in [2.75, 3.05) is 4.90 Å². The minimum atomic E-state index is -0.332. The molecule has 2 heteroatoms. The van der Waals surface area contributed by atoms with Crippen LogP contribution in [0.1, 0.15) is 23.6 Å². The number of furan rings is 1. The van der Waals surface area contributed by atoms with Crippen molar-refractivity contribution in [2.45, 2.75) is 12.3 Å². The lowest BCUT2D eigenvalue weighted by Crippen LogP contribution is -2.22. The van der Waals surface area contributed by atoms with Gasteiger partial charge >= 0.3 is 0 Å². The average molecular weight is 742 g/mol. The molecule has 0 radical (unpaired) electrons. The first-order valence-electron chi connectivity index (χ1n) is 20.0. The van der Waals surface area contributed by atoms with Gasteiger partial charge in [0.2, 0.25) is 0 Å². The predicted octanol–water partition coefficient (Wildman–Crippen LogP) is 15.4. The standard InChI is InChI=1S/C56H39NO/c1-56(50-25-10-8-21-47(50)48-22-9-11-26-51(48)56)52-27-14-28-53-54(52)49-24-13-23-46(55(49)58-53)41-31-35-44(36-32-41)57(43-33-29-40(30-34-43)38-15-4-2-5-16-38)45-20-12-19-42(37-45)39-17-6-3-7-18-39/h2-37H,1H3. The number of benzene rings is 9. The number of hydrogen-bond acceptors (Lipinski definition) is 2. The number of hydrogen-bond donors (Lipinski definition) is 0. The minimum absolute atomic E-state index is 0.332. The molecule has 11 rings (SSSR count). The third-order valence-corrected chi connectivity index (χ3v) is 12.2. The van der Waals surface area contributed by atoms with Crippen molar-refractivity contribution in [1.29, 1.82) is 0 Å². The Morgan fingerprint density at radius 1 is 0.362 bits per heavy atom. The molecule has 1 aliphatic rings. The molecule has 0 fully saturated rings. The van der Waals surface area contributed by atoms with Crippen molar-refractivity contribution in [3.8, 4) is 44.5 Å². The Bertz CT molecular complexity index is 3060. The molecule has 0 aliphatic heterocycles. The lowest BCUT2D eigenvalue weighted by molar-refractivity contribution is 0.667. The van der Waals surface area contributed by atoms with Gasteiger partial charge in [0.1, 0.15) is 11.2 Å². The molecule has 0 spiro atoms. The summed E-state index contributed by atoms with van der Waals surface area (Å²) in [6, 6.07) is 78.6. The molecule has 0 atom stereocenters. The van der Waals surface area contributed by atoms with E-state index < -0.39 is 0 Å². The maximum atomic E-state index is 6.87. The summed E-state index contributed by atoms with van der Waals surface area (Å²) in [6.07, 6.45) is 0. The van der Waals surface area contributed by atoms with Crippen LogP contribution in [0, 0.1) is 0 Å². The van der Waals surface area contributed by atoms with E-state index in [0.29, 0.717) is 0 Å². The zero-order valence-electron chi connectivity index (χ0n) is 32.1. The molecule has 0 N–H and O–H groups in total. The lowest BCUT2D eigenvalue weighted by atomic mass is 9.73. The molecule has 0 bridgehead atoms. The van der Waals surface area contributed by atoms with Crippen molar-refractivity contribution in [2.24, 2.45) is 0 Å². The fourth-order valence-electron chi connectivity index (χ4n) is 9.36. The van der Waals surface area contributed by atoms with Gasteiger partial charge in [-0.05, 0) is 105 Å². The molecule has 58 heavy (non-hydrogen) atoms. The van der Waals surface area contributed by atoms with Crippen molar-refractivity contribution >= 4 is 39.0 Å². The van der Waals surface area contributed by atoms with E-state index in [-0.39, 0.29) is 5.41 Å². The second kappa shape index (κ2) is 13.7. The quantitative estimate of drug-likeness (QED) is 0.162. The van der Waals surface area contributed by atoms with Crippen LogP contribution in [-0.2, 0) is 5.41 Å². The lowest BCUT2D eigenvalue weighted by Gasteiger charge is -2.29. The Balaban J connectivity index is 1.02. The molecule has 1 heterocycles. The second-order valence-corrected chi connectivity index (χ2v) is 15.4. The normalized spacial score (nSPS) is 12.7. The molecular formula is C56H39NO. The van der Waals surface area contributed by atoms with E-state index in [0.717, 1.165) is 44.7 Å². The first kappa shape index (κ1) is 33.9. The summed E-state index contributed by atoms with van der Waals surface area (Å²) in [7, 11) is 0. The van der Waals surface area contributed by atoms with E-state index in [1.165, 1.54) is 55.5 Å². The van der Waals surface area contributed by atoms with Gasteiger partial charge in [-0.2, -0.15) is 0 Å². The van der Waals surface area contributed by atoms with Crippen molar-refractivity contribution in [3.05, 3.63) is 235 Å². The Morgan fingerprint density at radius 2 is 0.845 bits per heavy atom. The van der Waals surface area contributed by atoms with E-state index in [1.54, 1.807) is 0 Å². The van der Waals surface area contributed by atoms with Crippen LogP contribution in [0.15, 0.2) is 223 Å². The minimum Gasteiger partial charge on any atom is -0.455 e. The maximum absolute atomic E-state index is 6.87. The van der Waals surface area contributed by atoms with Crippen LogP contribution >= 0.6 is 0 Å². The Morgan fingerprint density at radius 3 is 1.50 bits per heavy atom. The van der Waals surface area contributed by atoms with Crippen molar-refractivity contribution in [1.82, 2.24) is 0 Å². The zero-order valence-corrected chi connectivity index (χ0v) is 32.1. The molecule has 0 saturated heterocycles. The van der Waals surface area contributed by atoms with Crippen LogP contribution in [0.2, 0.25) is 0 Å². The summed E-state index contributed by atoms with van der Waals surface area (Å²) in [6.45, 7) is 2.38. The van der Waals surface area contributed by atoms with Crippen LogP contribution < -0.4 is 4.90 Å². The molecule has 0 saturated carbocycles. The van der Waals surface area contributed by atoms with Gasteiger partial charge in [-0.1, -0.05) is 176 Å². The van der Waals surface area contributed by atoms with Gasteiger partial charge in [0.15, 0.2) is 0 Å². The summed E-state index contributed by atoms with van der Waals surface area (Å²) in [5, 5.41) is 2.31. The van der Waals surface area contributed by atoms with Crippen molar-refractivity contribution in [3.63, 3.8) is 0 Å². The number of nitrogens with zero attached hydrogens (tertiary/aromatic N) is 1. The SMILES string of the molecule is CC1(c2cccc3oc4c(-c5ccc(N(c6ccc(-c7ccccc7)cc6)c6cccc(-c7ccccc7)c6)cc5)cccc4c23)c2ccccc2-c2ccccc21. The highest BCUT2D eigenvalue weighted by Gasteiger charge is 2.42. The number of para-hydroxylation sites is 1. The Hall–Kier alpha value is -7.42. The average Bonchev–Trinajstić information content (AvgIpc) is 3.81. The molecule has 0 unspecified atom stereocenters. The zero-order chi connectivity index (χ0) is 38.6. The van der Waals surface area contributed by atoms with Crippen molar-refractivity contribution < 1.29 is 4.42 Å². The fraction of sp³-hybridized carbons (Fsp3) is 0.0357. The third kappa shape index (κ3) is 5.41. The molecular weight excluding hydrogens is 703 g/mol. The highest BCUT2D eigenvalue weighted by molar-refractivity contribution is 6.12. The molecule has 274 valence electrons. The van der Waals surface area contributed by atoms with Crippen LogP contribution in [-0.4, -0.2) is 0 Å². The Labute approximate surface area is 338 Å². The number of fused-ring (bicyclic) bond motifs is 6. The summed E-state index contributed by atoms with van der Waals surface area (Å²) in [5.41, 5.74) is 18.2. The first-order chi connectivity index (χ1) is 28.6. The van der Waals surface area contributed by atoms with E-state index in [2.05, 4.69) is 230 Å². The molecule has 9 aromatic carbocycles. The van der Waals surface area contributed by atoms with Gasteiger partial charge in [-0.25, -0.2) is 0 Å². The van der Waals surface area contributed by atoms with Gasteiger partial charge in [0.05, 0.1) is 0 Å². The van der Waals surface area contributed by atoms with E-state index in [4.69, 9.17) is 4.42 Å². The van der Waals surface area contributed by atoms with E-state index >= 15 is 0 Å². The van der Waals surface area contributed by atoms with Crippen LogP contribution in [0.3, 0.4) is 0 Å². The Kier molecular flexibility index (Phi) is 7.97. The summed E-state index contributed by atoms with van der Waals surface area (Å²) >= 11 is 0. The third-order valence-electron chi connectivity index (χ3n) is 12.2. The molecule has 1 aliphatic carbocycles. The van der Waals surface area contributed by atoms with Crippen LogP contribution in [0.4, 0.5) is 17.1 Å².